The fourth-order valence-electron chi connectivity index (χ4n) is 1.30. The molecular formula is C13H17NO. The van der Waals surface area contributed by atoms with Crippen molar-refractivity contribution >= 4 is 0 Å². The lowest BCUT2D eigenvalue weighted by atomic mass is 10.1. The number of nitrogens with one attached hydrogen (secondary N) is 1. The first-order valence-corrected chi connectivity index (χ1v) is 5.08. The minimum Gasteiger partial charge on any atom is -0.481 e. The zero-order valence-electron chi connectivity index (χ0n) is 9.29. The third-order valence-corrected chi connectivity index (χ3v) is 2.28. The summed E-state index contributed by atoms with van der Waals surface area (Å²) in [5.74, 6) is 3.27. The average molecular weight is 203 g/mol. The Balaban J connectivity index is 2.53. The molecule has 0 heterocycles. The van der Waals surface area contributed by atoms with Gasteiger partial charge >= 0.3 is 0 Å². The Labute approximate surface area is 91.6 Å². The quantitative estimate of drug-likeness (QED) is 0.737. The second kappa shape index (κ2) is 6.10. The molecule has 1 rings (SSSR count). The summed E-state index contributed by atoms with van der Waals surface area (Å²) in [6, 6.07) is 8.53. The molecular weight excluding hydrogens is 186 g/mol. The highest BCUT2D eigenvalue weighted by Crippen LogP contribution is 2.13. The smallest absolute Gasteiger partial charge is 0.148 e. The van der Waals surface area contributed by atoms with Crippen LogP contribution >= 0.6 is 0 Å². The predicted octanol–water partition coefficient (Wildman–Crippen LogP) is 1.85. The molecule has 0 spiro atoms. The predicted molar refractivity (Wildman–Crippen MR) is 63.0 cm³/mol. The van der Waals surface area contributed by atoms with Gasteiger partial charge in [-0.2, -0.15) is 0 Å². The Morgan fingerprint density at radius 3 is 2.60 bits per heavy atom. The van der Waals surface area contributed by atoms with Crippen LogP contribution in [0.5, 0.6) is 5.75 Å². The molecule has 1 aromatic carbocycles. The third-order valence-electron chi connectivity index (χ3n) is 2.28. The van der Waals surface area contributed by atoms with Crippen LogP contribution in [0.3, 0.4) is 0 Å². The fourth-order valence-corrected chi connectivity index (χ4v) is 1.30. The Hall–Kier alpha value is -1.46. The van der Waals surface area contributed by atoms with Crippen LogP contribution in [0, 0.1) is 12.3 Å². The van der Waals surface area contributed by atoms with Crippen LogP contribution in [0.4, 0.5) is 0 Å². The van der Waals surface area contributed by atoms with E-state index in [2.05, 4.69) is 30.3 Å². The molecule has 0 aliphatic carbocycles. The lowest BCUT2D eigenvalue weighted by molar-refractivity contribution is 0.370. The summed E-state index contributed by atoms with van der Waals surface area (Å²) in [6.07, 6.45) is 6.13. The number of likely N-dealkylation sites (N-methyl/N-ethyl adjacent to an activating group) is 1. The van der Waals surface area contributed by atoms with E-state index in [-0.39, 0.29) is 0 Å². The molecule has 2 heteroatoms. The van der Waals surface area contributed by atoms with Gasteiger partial charge in [0.1, 0.15) is 12.4 Å². The standard InChI is InChI=1S/C13H17NO/c1-4-9-15-13-7-5-12(6-8-13)10-11(2)14-3/h1,5-8,11,14H,9-10H2,2-3H3. The third kappa shape index (κ3) is 4.05. The van der Waals surface area contributed by atoms with Crippen LogP contribution in [0.15, 0.2) is 24.3 Å². The van der Waals surface area contributed by atoms with Crippen LogP contribution in [-0.2, 0) is 6.42 Å². The largest absolute Gasteiger partial charge is 0.481 e. The maximum atomic E-state index is 5.29. The number of ether oxygens (including phenoxy) is 1. The number of hydrogen-bond acceptors (Lipinski definition) is 2. The lowest BCUT2D eigenvalue weighted by Crippen LogP contribution is -2.23. The molecule has 1 aromatic rings. The van der Waals surface area contributed by atoms with Crippen molar-refractivity contribution in [1.82, 2.24) is 5.32 Å². The van der Waals surface area contributed by atoms with Gasteiger partial charge in [-0.05, 0) is 38.1 Å². The molecule has 1 atom stereocenters. The topological polar surface area (TPSA) is 21.3 Å². The van der Waals surface area contributed by atoms with E-state index in [9.17, 15) is 0 Å². The van der Waals surface area contributed by atoms with Crippen molar-refractivity contribution in [2.24, 2.45) is 0 Å². The molecule has 0 fully saturated rings. The zero-order valence-corrected chi connectivity index (χ0v) is 9.29. The lowest BCUT2D eigenvalue weighted by Gasteiger charge is -2.10. The second-order valence-electron chi connectivity index (χ2n) is 3.53. The molecule has 0 aliphatic rings. The van der Waals surface area contributed by atoms with Gasteiger partial charge in [-0.1, -0.05) is 18.1 Å². The molecule has 80 valence electrons. The van der Waals surface area contributed by atoms with E-state index in [1.54, 1.807) is 0 Å². The van der Waals surface area contributed by atoms with Crippen LogP contribution < -0.4 is 10.1 Å². The first kappa shape index (κ1) is 11.6. The summed E-state index contributed by atoms with van der Waals surface area (Å²) in [4.78, 5) is 0. The van der Waals surface area contributed by atoms with E-state index in [0.29, 0.717) is 12.6 Å². The van der Waals surface area contributed by atoms with Gasteiger partial charge in [-0.3, -0.25) is 0 Å². The summed E-state index contributed by atoms with van der Waals surface area (Å²) >= 11 is 0. The monoisotopic (exact) mass is 203 g/mol. The summed E-state index contributed by atoms with van der Waals surface area (Å²) in [6.45, 7) is 2.48. The number of benzene rings is 1. The van der Waals surface area contributed by atoms with Crippen molar-refractivity contribution in [2.45, 2.75) is 19.4 Å². The molecule has 0 amide bonds. The molecule has 1 N–H and O–H groups in total. The number of hydrogen-bond donors (Lipinski definition) is 1. The van der Waals surface area contributed by atoms with Gasteiger partial charge in [-0.25, -0.2) is 0 Å². The van der Waals surface area contributed by atoms with Crippen molar-refractivity contribution < 1.29 is 4.74 Å². The summed E-state index contributed by atoms with van der Waals surface area (Å²) in [5, 5.41) is 3.20. The Morgan fingerprint density at radius 1 is 1.40 bits per heavy atom. The van der Waals surface area contributed by atoms with Gasteiger partial charge in [0, 0.05) is 6.04 Å². The summed E-state index contributed by atoms with van der Waals surface area (Å²) < 4.78 is 5.29. The molecule has 15 heavy (non-hydrogen) atoms. The molecule has 2 nitrogen and oxygen atoms in total. The van der Waals surface area contributed by atoms with Gasteiger partial charge in [0.05, 0.1) is 0 Å². The van der Waals surface area contributed by atoms with Gasteiger partial charge in [0.15, 0.2) is 0 Å². The minimum absolute atomic E-state index is 0.326. The van der Waals surface area contributed by atoms with E-state index in [4.69, 9.17) is 11.2 Å². The zero-order chi connectivity index (χ0) is 11.1. The maximum Gasteiger partial charge on any atom is 0.148 e. The van der Waals surface area contributed by atoms with E-state index in [1.807, 2.05) is 19.2 Å². The molecule has 0 aliphatic heterocycles. The Kier molecular flexibility index (Phi) is 4.73. The van der Waals surface area contributed by atoms with E-state index in [1.165, 1.54) is 5.56 Å². The van der Waals surface area contributed by atoms with Crippen molar-refractivity contribution in [3.8, 4) is 18.1 Å². The van der Waals surface area contributed by atoms with Crippen LogP contribution in [0.1, 0.15) is 12.5 Å². The molecule has 1 unspecified atom stereocenters. The SMILES string of the molecule is C#CCOc1ccc(CC(C)NC)cc1. The van der Waals surface area contributed by atoms with E-state index in [0.717, 1.165) is 12.2 Å². The molecule has 0 radical (unpaired) electrons. The van der Waals surface area contributed by atoms with Crippen LogP contribution in [0.2, 0.25) is 0 Å². The average Bonchev–Trinajstić information content (AvgIpc) is 2.28. The van der Waals surface area contributed by atoms with Crippen LogP contribution in [0.25, 0.3) is 0 Å². The first-order valence-electron chi connectivity index (χ1n) is 5.08. The van der Waals surface area contributed by atoms with Crippen molar-refractivity contribution in [3.63, 3.8) is 0 Å². The van der Waals surface area contributed by atoms with Gasteiger partial charge in [-0.15, -0.1) is 6.42 Å². The van der Waals surface area contributed by atoms with Gasteiger partial charge < -0.3 is 10.1 Å². The van der Waals surface area contributed by atoms with Crippen molar-refractivity contribution in [1.29, 1.82) is 0 Å². The molecule has 0 saturated heterocycles. The van der Waals surface area contributed by atoms with Gasteiger partial charge in [0.25, 0.3) is 0 Å². The number of terminal acetylenes is 1. The van der Waals surface area contributed by atoms with Crippen LogP contribution in [-0.4, -0.2) is 19.7 Å². The molecule has 0 saturated carbocycles. The summed E-state index contributed by atoms with van der Waals surface area (Å²) in [7, 11) is 1.97. The van der Waals surface area contributed by atoms with Crippen molar-refractivity contribution in [2.75, 3.05) is 13.7 Å². The molecule has 0 bridgehead atoms. The summed E-state index contributed by atoms with van der Waals surface area (Å²) in [5.41, 5.74) is 1.30. The highest BCUT2D eigenvalue weighted by molar-refractivity contribution is 5.28. The number of rotatable bonds is 5. The van der Waals surface area contributed by atoms with E-state index < -0.39 is 0 Å². The maximum absolute atomic E-state index is 5.29. The minimum atomic E-state index is 0.326. The second-order valence-corrected chi connectivity index (χ2v) is 3.53. The molecule has 0 aromatic heterocycles. The van der Waals surface area contributed by atoms with E-state index >= 15 is 0 Å². The normalized spacial score (nSPS) is 11.8. The Bertz CT molecular complexity index is 323. The fraction of sp³-hybridized carbons (Fsp3) is 0.385. The van der Waals surface area contributed by atoms with Gasteiger partial charge in [0.2, 0.25) is 0 Å². The highest BCUT2D eigenvalue weighted by atomic mass is 16.5. The first-order chi connectivity index (χ1) is 7.26. The Morgan fingerprint density at radius 2 is 2.07 bits per heavy atom. The van der Waals surface area contributed by atoms with Crippen molar-refractivity contribution in [3.05, 3.63) is 29.8 Å². The highest BCUT2D eigenvalue weighted by Gasteiger charge is 2.00.